The van der Waals surface area contributed by atoms with Crippen LogP contribution in [0.5, 0.6) is 0 Å². The van der Waals surface area contributed by atoms with Crippen LogP contribution >= 0.6 is 0 Å². The maximum absolute atomic E-state index is 9.79. The number of rotatable bonds is 17. The molecule has 5 heteroatoms. The van der Waals surface area contributed by atoms with Crippen LogP contribution in [0.2, 0.25) is 0 Å². The molecule has 0 aromatic rings. The average molecular weight is 387 g/mol. The lowest BCUT2D eigenvalue weighted by Gasteiger charge is -2.23. The minimum Gasteiger partial charge on any atom is -0.493 e. The summed E-state index contributed by atoms with van der Waals surface area (Å²) in [5, 5.41) is 28.7. The van der Waals surface area contributed by atoms with E-state index < -0.39 is 24.4 Å². The van der Waals surface area contributed by atoms with Gasteiger partial charge in [-0.25, -0.2) is 0 Å². The Morgan fingerprint density at radius 2 is 1.48 bits per heavy atom. The monoisotopic (exact) mass is 386 g/mol. The van der Waals surface area contributed by atoms with Gasteiger partial charge in [0.2, 0.25) is 0 Å². The van der Waals surface area contributed by atoms with Crippen molar-refractivity contribution in [1.29, 1.82) is 0 Å². The Hall–Kier alpha value is -0.620. The number of hydrogen-bond donors (Lipinski definition) is 3. The third-order valence-electron chi connectivity index (χ3n) is 5.31. The van der Waals surface area contributed by atoms with Crippen molar-refractivity contribution in [1.82, 2.24) is 0 Å². The number of ether oxygens (including phenoxy) is 2. The van der Waals surface area contributed by atoms with Gasteiger partial charge >= 0.3 is 0 Å². The van der Waals surface area contributed by atoms with Crippen molar-refractivity contribution >= 4 is 0 Å². The molecule has 3 N–H and O–H groups in total. The topological polar surface area (TPSA) is 79.2 Å². The molecule has 0 spiro atoms. The van der Waals surface area contributed by atoms with Crippen LogP contribution in [0.15, 0.2) is 12.3 Å². The Morgan fingerprint density at radius 3 is 1.96 bits per heavy atom. The Labute approximate surface area is 165 Å². The molecule has 1 aliphatic rings. The number of aliphatic hydroxyl groups is 3. The van der Waals surface area contributed by atoms with E-state index in [-0.39, 0.29) is 13.2 Å². The van der Waals surface area contributed by atoms with E-state index in [1.54, 1.807) is 6.26 Å². The van der Waals surface area contributed by atoms with Gasteiger partial charge in [0.15, 0.2) is 0 Å². The van der Waals surface area contributed by atoms with E-state index in [2.05, 4.69) is 6.92 Å². The fraction of sp³-hybridized carbons (Fsp3) is 0.909. The molecule has 4 atom stereocenters. The zero-order valence-corrected chi connectivity index (χ0v) is 17.2. The number of allylic oxidation sites excluding steroid dienone is 1. The first-order valence-electron chi connectivity index (χ1n) is 11.1. The summed E-state index contributed by atoms with van der Waals surface area (Å²) in [7, 11) is 0. The predicted molar refractivity (Wildman–Crippen MR) is 109 cm³/mol. The highest BCUT2D eigenvalue weighted by Crippen LogP contribution is 2.20. The van der Waals surface area contributed by atoms with Gasteiger partial charge in [0.25, 0.3) is 0 Å². The van der Waals surface area contributed by atoms with E-state index in [1.807, 2.05) is 6.08 Å². The van der Waals surface area contributed by atoms with Crippen molar-refractivity contribution in [2.24, 2.45) is 0 Å². The van der Waals surface area contributed by atoms with Gasteiger partial charge in [0.05, 0.1) is 19.5 Å². The summed E-state index contributed by atoms with van der Waals surface area (Å²) in [4.78, 5) is 0. The summed E-state index contributed by atoms with van der Waals surface area (Å²) in [5.41, 5.74) is 0. The number of hydrogen-bond acceptors (Lipinski definition) is 5. The highest BCUT2D eigenvalue weighted by molar-refractivity contribution is 4.90. The number of aliphatic hydroxyl groups excluding tert-OH is 3. The maximum atomic E-state index is 9.79. The largest absolute Gasteiger partial charge is 0.493 e. The standard InChI is InChI=1S/C22H42O5/c1-2-3-4-5-6-7-8-9-10-11-12-13-14-15-16-26-20(17-23)22-21(25)19(24)18-27-22/h15-16,19-25H,2-14,17-18H2,1H3/b16-15+/t19-,20+,21-,22-/m0/s1. The van der Waals surface area contributed by atoms with Crippen LogP contribution in [0.1, 0.15) is 90.4 Å². The van der Waals surface area contributed by atoms with Gasteiger partial charge in [0.1, 0.15) is 24.4 Å². The van der Waals surface area contributed by atoms with Crippen LogP contribution in [-0.4, -0.2) is 52.9 Å². The molecule has 1 aliphatic heterocycles. The molecule has 27 heavy (non-hydrogen) atoms. The van der Waals surface area contributed by atoms with Crippen LogP contribution in [0.4, 0.5) is 0 Å². The molecular weight excluding hydrogens is 344 g/mol. The van der Waals surface area contributed by atoms with Crippen LogP contribution in [0.3, 0.4) is 0 Å². The van der Waals surface area contributed by atoms with E-state index in [9.17, 15) is 15.3 Å². The van der Waals surface area contributed by atoms with Crippen molar-refractivity contribution in [2.45, 2.75) is 115 Å². The molecule has 1 rings (SSSR count). The fourth-order valence-electron chi connectivity index (χ4n) is 3.51. The molecule has 0 radical (unpaired) electrons. The number of unbranched alkanes of at least 4 members (excludes halogenated alkanes) is 12. The molecule has 1 heterocycles. The molecule has 1 fully saturated rings. The van der Waals surface area contributed by atoms with E-state index in [0.29, 0.717) is 0 Å². The average Bonchev–Trinajstić information content (AvgIpc) is 3.00. The summed E-state index contributed by atoms with van der Waals surface area (Å²) < 4.78 is 10.8. The molecule has 0 saturated carbocycles. The molecule has 0 aromatic carbocycles. The minimum absolute atomic E-state index is 0.0776. The molecule has 0 bridgehead atoms. The normalized spacial score (nSPS) is 23.9. The third-order valence-corrected chi connectivity index (χ3v) is 5.31. The molecule has 5 nitrogen and oxygen atoms in total. The van der Waals surface area contributed by atoms with E-state index in [0.717, 1.165) is 12.8 Å². The van der Waals surface area contributed by atoms with Crippen molar-refractivity contribution in [3.05, 3.63) is 12.3 Å². The van der Waals surface area contributed by atoms with Crippen LogP contribution < -0.4 is 0 Å². The molecule has 1 saturated heterocycles. The van der Waals surface area contributed by atoms with Crippen LogP contribution in [-0.2, 0) is 9.47 Å². The summed E-state index contributed by atoms with van der Waals surface area (Å²) in [6, 6.07) is 0. The van der Waals surface area contributed by atoms with Crippen LogP contribution in [0, 0.1) is 0 Å². The van der Waals surface area contributed by atoms with Gasteiger partial charge in [-0.3, -0.25) is 0 Å². The van der Waals surface area contributed by atoms with Gasteiger partial charge in [-0.15, -0.1) is 0 Å². The van der Waals surface area contributed by atoms with E-state index in [1.165, 1.54) is 70.6 Å². The van der Waals surface area contributed by atoms with Gasteiger partial charge in [-0.05, 0) is 18.9 Å². The second-order valence-electron chi connectivity index (χ2n) is 7.76. The molecule has 0 aromatic heterocycles. The second-order valence-corrected chi connectivity index (χ2v) is 7.76. The Bertz CT molecular complexity index is 361. The van der Waals surface area contributed by atoms with Gasteiger partial charge < -0.3 is 24.8 Å². The van der Waals surface area contributed by atoms with Crippen molar-refractivity contribution in [3.63, 3.8) is 0 Å². The first kappa shape index (κ1) is 24.4. The summed E-state index contributed by atoms with van der Waals surface area (Å²) in [6.45, 7) is 2.09. The highest BCUT2D eigenvalue weighted by atomic mass is 16.6. The molecule has 0 amide bonds. The smallest absolute Gasteiger partial charge is 0.149 e. The summed E-state index contributed by atoms with van der Waals surface area (Å²) in [6.07, 6.45) is 17.3. The van der Waals surface area contributed by atoms with Crippen molar-refractivity contribution in [3.8, 4) is 0 Å². The maximum Gasteiger partial charge on any atom is 0.149 e. The first-order valence-corrected chi connectivity index (χ1v) is 11.1. The lowest BCUT2D eigenvalue weighted by Crippen LogP contribution is -2.41. The second kappa shape index (κ2) is 16.3. The fourth-order valence-corrected chi connectivity index (χ4v) is 3.51. The van der Waals surface area contributed by atoms with Crippen molar-refractivity contribution < 1.29 is 24.8 Å². The van der Waals surface area contributed by atoms with E-state index >= 15 is 0 Å². The Morgan fingerprint density at radius 1 is 0.926 bits per heavy atom. The zero-order valence-electron chi connectivity index (χ0n) is 17.2. The zero-order chi connectivity index (χ0) is 19.7. The highest BCUT2D eigenvalue weighted by Gasteiger charge is 2.40. The summed E-state index contributed by atoms with van der Waals surface area (Å²) >= 11 is 0. The quantitative estimate of drug-likeness (QED) is 0.259. The van der Waals surface area contributed by atoms with Crippen molar-refractivity contribution in [2.75, 3.05) is 13.2 Å². The SMILES string of the molecule is CCCCCCCCCCCCCC/C=C/O[C@H](CO)[C@@H]1OC[C@H](O)[C@@H]1O. The van der Waals surface area contributed by atoms with Crippen LogP contribution in [0.25, 0.3) is 0 Å². The molecular formula is C22H42O5. The minimum atomic E-state index is -1.01. The Balaban J connectivity index is 1.91. The first-order chi connectivity index (χ1) is 13.2. The van der Waals surface area contributed by atoms with Gasteiger partial charge in [-0.1, -0.05) is 77.6 Å². The molecule has 0 unspecified atom stereocenters. The molecule has 0 aliphatic carbocycles. The predicted octanol–water partition coefficient (Wildman–Crippen LogP) is 4.09. The Kier molecular flexibility index (Phi) is 14.8. The lowest BCUT2D eigenvalue weighted by atomic mass is 10.0. The van der Waals surface area contributed by atoms with E-state index in [4.69, 9.17) is 9.47 Å². The third kappa shape index (κ3) is 11.1. The molecule has 160 valence electrons. The summed E-state index contributed by atoms with van der Waals surface area (Å²) in [5.74, 6) is 0. The lowest BCUT2D eigenvalue weighted by molar-refractivity contribution is -0.0737. The van der Waals surface area contributed by atoms with Gasteiger partial charge in [-0.2, -0.15) is 0 Å². The van der Waals surface area contributed by atoms with Gasteiger partial charge in [0, 0.05) is 0 Å².